The first kappa shape index (κ1) is 19.2. The Bertz CT molecular complexity index is 946. The van der Waals surface area contributed by atoms with Gasteiger partial charge in [0.2, 0.25) is 0 Å². The van der Waals surface area contributed by atoms with Crippen LogP contribution in [0.5, 0.6) is 0 Å². The Morgan fingerprint density at radius 3 is 2.55 bits per heavy atom. The molecule has 4 rings (SSSR count). The lowest BCUT2D eigenvalue weighted by Crippen LogP contribution is -2.44. The minimum Gasteiger partial charge on any atom is -0.432 e. The van der Waals surface area contributed by atoms with Gasteiger partial charge in [0.15, 0.2) is 5.76 Å². The number of oxazole rings is 1. The molecular weight excluding hydrogens is 364 g/mol. The molecule has 2 heterocycles. The Hall–Kier alpha value is -3.12. The van der Waals surface area contributed by atoms with Crippen LogP contribution in [0, 0.1) is 0 Å². The van der Waals surface area contributed by atoms with Crippen LogP contribution in [0.4, 0.5) is 5.69 Å². The molecule has 6 nitrogen and oxygen atoms in total. The quantitative estimate of drug-likeness (QED) is 0.701. The van der Waals surface area contributed by atoms with Gasteiger partial charge in [0.1, 0.15) is 0 Å². The monoisotopic (exact) mass is 390 g/mol. The number of aromatic nitrogens is 1. The second-order valence-electron chi connectivity index (χ2n) is 7.32. The zero-order valence-electron chi connectivity index (χ0n) is 16.7. The van der Waals surface area contributed by atoms with Gasteiger partial charge >= 0.3 is 5.91 Å². The summed E-state index contributed by atoms with van der Waals surface area (Å²) in [6.07, 6.45) is 2.35. The summed E-state index contributed by atoms with van der Waals surface area (Å²) < 4.78 is 5.63. The van der Waals surface area contributed by atoms with Gasteiger partial charge in [0, 0.05) is 44.0 Å². The van der Waals surface area contributed by atoms with E-state index in [9.17, 15) is 4.79 Å². The van der Waals surface area contributed by atoms with Gasteiger partial charge in [-0.15, -0.1) is 0 Å². The minimum absolute atomic E-state index is 0.0937. The van der Waals surface area contributed by atoms with Crippen LogP contribution < -0.4 is 10.2 Å². The lowest BCUT2D eigenvalue weighted by atomic mass is 10.1. The fraction of sp³-hybridized carbons (Fsp3) is 0.304. The molecule has 0 aliphatic carbocycles. The SMILES string of the molecule is CN1CCN(c2ccccc2CCNC(=O)c2ncc(-c3ccccc3)o2)CC1. The molecule has 0 spiro atoms. The standard InChI is InChI=1S/C23H26N4O2/c1-26-13-15-27(16-14-26)20-10-6-5-7-18(20)11-12-24-22(28)23-25-17-21(29-23)19-8-3-2-4-9-19/h2-10,17H,11-16H2,1H3,(H,24,28). The molecule has 1 amide bonds. The number of rotatable bonds is 6. The highest BCUT2D eigenvalue weighted by atomic mass is 16.4. The Labute approximate surface area is 171 Å². The molecule has 29 heavy (non-hydrogen) atoms. The first-order valence-electron chi connectivity index (χ1n) is 10.0. The van der Waals surface area contributed by atoms with E-state index >= 15 is 0 Å². The molecular formula is C23H26N4O2. The molecule has 0 radical (unpaired) electrons. The zero-order valence-corrected chi connectivity index (χ0v) is 16.7. The van der Waals surface area contributed by atoms with Gasteiger partial charge in [0.05, 0.1) is 6.20 Å². The number of amides is 1. The van der Waals surface area contributed by atoms with Gasteiger partial charge in [-0.1, -0.05) is 48.5 Å². The molecule has 1 saturated heterocycles. The molecule has 1 aromatic heterocycles. The second kappa shape index (κ2) is 8.92. The maximum absolute atomic E-state index is 12.4. The third-order valence-corrected chi connectivity index (χ3v) is 5.27. The minimum atomic E-state index is -0.288. The maximum Gasteiger partial charge on any atom is 0.307 e. The Balaban J connectivity index is 1.35. The van der Waals surface area contributed by atoms with Crippen molar-refractivity contribution in [2.24, 2.45) is 0 Å². The van der Waals surface area contributed by atoms with E-state index in [2.05, 4.69) is 51.4 Å². The van der Waals surface area contributed by atoms with Crippen molar-refractivity contribution >= 4 is 11.6 Å². The molecule has 150 valence electrons. The Kier molecular flexibility index (Phi) is 5.91. The number of piperazine rings is 1. The third kappa shape index (κ3) is 4.66. The largest absolute Gasteiger partial charge is 0.432 e. The molecule has 2 aromatic carbocycles. The molecule has 1 N–H and O–H groups in total. The number of nitrogens with one attached hydrogen (secondary N) is 1. The number of hydrogen-bond donors (Lipinski definition) is 1. The van der Waals surface area contributed by atoms with Crippen LogP contribution in [0.2, 0.25) is 0 Å². The highest BCUT2D eigenvalue weighted by Crippen LogP contribution is 2.22. The number of likely N-dealkylation sites (N-methyl/N-ethyl adjacent to an activating group) is 1. The molecule has 6 heteroatoms. The van der Waals surface area contributed by atoms with Crippen LogP contribution in [0.1, 0.15) is 16.2 Å². The van der Waals surface area contributed by atoms with Gasteiger partial charge in [-0.05, 0) is 25.1 Å². The van der Waals surface area contributed by atoms with Crippen LogP contribution in [0.15, 0.2) is 65.2 Å². The fourth-order valence-electron chi connectivity index (χ4n) is 3.58. The molecule has 1 aliphatic heterocycles. The van der Waals surface area contributed by atoms with E-state index in [1.165, 1.54) is 11.3 Å². The summed E-state index contributed by atoms with van der Waals surface area (Å²) >= 11 is 0. The predicted molar refractivity (Wildman–Crippen MR) is 114 cm³/mol. The van der Waals surface area contributed by atoms with E-state index in [1.54, 1.807) is 6.20 Å². The van der Waals surface area contributed by atoms with Gasteiger partial charge < -0.3 is 19.5 Å². The number of carbonyl (C=O) groups is 1. The summed E-state index contributed by atoms with van der Waals surface area (Å²) in [6, 6.07) is 18.1. The van der Waals surface area contributed by atoms with Gasteiger partial charge in [-0.3, -0.25) is 4.79 Å². The molecule has 0 unspecified atom stereocenters. The Morgan fingerprint density at radius 1 is 1.03 bits per heavy atom. The maximum atomic E-state index is 12.4. The number of nitrogens with zero attached hydrogens (tertiary/aromatic N) is 3. The van der Waals surface area contributed by atoms with Crippen molar-refractivity contribution in [3.05, 3.63) is 72.2 Å². The second-order valence-corrected chi connectivity index (χ2v) is 7.32. The number of carbonyl (C=O) groups excluding carboxylic acids is 1. The lowest BCUT2D eigenvalue weighted by Gasteiger charge is -2.35. The van der Waals surface area contributed by atoms with Crippen molar-refractivity contribution in [2.75, 3.05) is 44.7 Å². The molecule has 3 aromatic rings. The molecule has 0 saturated carbocycles. The fourth-order valence-corrected chi connectivity index (χ4v) is 3.58. The summed E-state index contributed by atoms with van der Waals surface area (Å²) in [4.78, 5) is 21.3. The Morgan fingerprint density at radius 2 is 1.76 bits per heavy atom. The average molecular weight is 390 g/mol. The average Bonchev–Trinajstić information content (AvgIpc) is 3.26. The van der Waals surface area contributed by atoms with Crippen LogP contribution in [0.25, 0.3) is 11.3 Å². The third-order valence-electron chi connectivity index (χ3n) is 5.27. The highest BCUT2D eigenvalue weighted by Gasteiger charge is 2.17. The van der Waals surface area contributed by atoms with Crippen molar-refractivity contribution < 1.29 is 9.21 Å². The van der Waals surface area contributed by atoms with Crippen molar-refractivity contribution in [3.8, 4) is 11.3 Å². The lowest BCUT2D eigenvalue weighted by molar-refractivity contribution is 0.0920. The highest BCUT2D eigenvalue weighted by molar-refractivity contribution is 5.90. The molecule has 1 aliphatic rings. The molecule has 1 fully saturated rings. The van der Waals surface area contributed by atoms with E-state index in [4.69, 9.17) is 4.42 Å². The van der Waals surface area contributed by atoms with Crippen LogP contribution in [0.3, 0.4) is 0 Å². The van der Waals surface area contributed by atoms with E-state index in [-0.39, 0.29) is 11.8 Å². The van der Waals surface area contributed by atoms with E-state index in [0.717, 1.165) is 38.2 Å². The number of para-hydroxylation sites is 1. The molecule has 0 atom stereocenters. The first-order valence-corrected chi connectivity index (χ1v) is 10.0. The number of anilines is 1. The van der Waals surface area contributed by atoms with E-state index in [1.807, 2.05) is 30.3 Å². The summed E-state index contributed by atoms with van der Waals surface area (Å²) in [7, 11) is 2.16. The predicted octanol–water partition coefficient (Wildman–Crippen LogP) is 3.07. The first-order chi connectivity index (χ1) is 14.2. The van der Waals surface area contributed by atoms with Crippen molar-refractivity contribution in [2.45, 2.75) is 6.42 Å². The molecule has 0 bridgehead atoms. The van der Waals surface area contributed by atoms with Crippen molar-refractivity contribution in [1.82, 2.24) is 15.2 Å². The smallest absolute Gasteiger partial charge is 0.307 e. The van der Waals surface area contributed by atoms with Gasteiger partial charge in [-0.2, -0.15) is 0 Å². The van der Waals surface area contributed by atoms with Gasteiger partial charge in [0.25, 0.3) is 5.89 Å². The zero-order chi connectivity index (χ0) is 20.1. The van der Waals surface area contributed by atoms with Crippen LogP contribution in [-0.4, -0.2) is 55.6 Å². The van der Waals surface area contributed by atoms with Crippen molar-refractivity contribution in [1.29, 1.82) is 0 Å². The van der Waals surface area contributed by atoms with Crippen LogP contribution in [-0.2, 0) is 6.42 Å². The summed E-state index contributed by atoms with van der Waals surface area (Å²) in [5.74, 6) is 0.400. The summed E-state index contributed by atoms with van der Waals surface area (Å²) in [6.45, 7) is 4.72. The number of hydrogen-bond acceptors (Lipinski definition) is 5. The van der Waals surface area contributed by atoms with Gasteiger partial charge in [-0.25, -0.2) is 4.98 Å². The van der Waals surface area contributed by atoms with E-state index < -0.39 is 0 Å². The van der Waals surface area contributed by atoms with Crippen molar-refractivity contribution in [3.63, 3.8) is 0 Å². The topological polar surface area (TPSA) is 61.6 Å². The normalized spacial score (nSPS) is 14.7. The summed E-state index contributed by atoms with van der Waals surface area (Å²) in [5, 5.41) is 2.93. The summed E-state index contributed by atoms with van der Waals surface area (Å²) in [5.41, 5.74) is 3.41. The van der Waals surface area contributed by atoms with Crippen LogP contribution >= 0.6 is 0 Å². The number of benzene rings is 2. The van der Waals surface area contributed by atoms with E-state index in [0.29, 0.717) is 12.3 Å².